The molecule has 2 unspecified atom stereocenters. The van der Waals surface area contributed by atoms with Gasteiger partial charge in [-0.3, -0.25) is 9.80 Å². The first-order valence-electron chi connectivity index (χ1n) is 8.28. The Morgan fingerprint density at radius 3 is 2.53 bits per heavy atom. The first-order chi connectivity index (χ1) is 9.09. The molecule has 0 aromatic heterocycles. The molecule has 0 amide bonds. The van der Waals surface area contributed by atoms with E-state index in [0.29, 0.717) is 5.41 Å². The van der Waals surface area contributed by atoms with E-state index in [2.05, 4.69) is 23.6 Å². The molecule has 3 fully saturated rings. The molecule has 110 valence electrons. The zero-order valence-corrected chi connectivity index (χ0v) is 12.8. The number of nitrogens with two attached hydrogens (primary N) is 1. The predicted octanol–water partition coefficient (Wildman–Crippen LogP) is 2.06. The number of nitrogens with zero attached hydrogens (tertiary/aromatic N) is 2. The number of hydrogen-bond donors (Lipinski definition) is 1. The molecule has 0 aromatic rings. The summed E-state index contributed by atoms with van der Waals surface area (Å²) in [6.07, 6.45) is 8.14. The lowest BCUT2D eigenvalue weighted by Crippen LogP contribution is -2.61. The topological polar surface area (TPSA) is 32.5 Å². The van der Waals surface area contributed by atoms with Gasteiger partial charge in [0.05, 0.1) is 0 Å². The molecule has 2 N–H and O–H groups in total. The molecule has 0 aromatic carbocycles. The first-order valence-corrected chi connectivity index (χ1v) is 8.28. The van der Waals surface area contributed by atoms with E-state index in [1.165, 1.54) is 64.7 Å². The van der Waals surface area contributed by atoms with E-state index in [0.717, 1.165) is 12.6 Å². The van der Waals surface area contributed by atoms with Crippen molar-refractivity contribution in [3.05, 3.63) is 0 Å². The Morgan fingerprint density at radius 2 is 1.84 bits per heavy atom. The zero-order valence-electron chi connectivity index (χ0n) is 12.8. The molecule has 3 nitrogen and oxygen atoms in total. The van der Waals surface area contributed by atoms with E-state index in [9.17, 15) is 0 Å². The van der Waals surface area contributed by atoms with Crippen molar-refractivity contribution >= 4 is 0 Å². The SMILES string of the molecule is CC1(C)CCCC1(CN)N1CCCN2CCCC2C1. The largest absolute Gasteiger partial charge is 0.329 e. The monoisotopic (exact) mass is 265 g/mol. The third kappa shape index (κ3) is 2.14. The summed E-state index contributed by atoms with van der Waals surface area (Å²) >= 11 is 0. The zero-order chi connectivity index (χ0) is 13.5. The Bertz CT molecular complexity index is 328. The highest BCUT2D eigenvalue weighted by Crippen LogP contribution is 2.49. The van der Waals surface area contributed by atoms with E-state index in [4.69, 9.17) is 5.73 Å². The summed E-state index contributed by atoms with van der Waals surface area (Å²) in [6, 6.07) is 0.808. The fourth-order valence-electron chi connectivity index (χ4n) is 5.08. The van der Waals surface area contributed by atoms with Gasteiger partial charge in [-0.25, -0.2) is 0 Å². The lowest BCUT2D eigenvalue weighted by atomic mass is 9.73. The molecule has 19 heavy (non-hydrogen) atoms. The lowest BCUT2D eigenvalue weighted by Gasteiger charge is -2.50. The molecule has 2 aliphatic heterocycles. The molecule has 3 rings (SSSR count). The van der Waals surface area contributed by atoms with Crippen molar-refractivity contribution in [2.45, 2.75) is 64.0 Å². The molecular weight excluding hydrogens is 234 g/mol. The van der Waals surface area contributed by atoms with E-state index in [1.54, 1.807) is 0 Å². The van der Waals surface area contributed by atoms with Crippen LogP contribution in [0.3, 0.4) is 0 Å². The maximum atomic E-state index is 6.31. The van der Waals surface area contributed by atoms with Crippen LogP contribution in [0.2, 0.25) is 0 Å². The van der Waals surface area contributed by atoms with Crippen molar-refractivity contribution in [3.8, 4) is 0 Å². The molecule has 2 atom stereocenters. The Morgan fingerprint density at radius 1 is 1.05 bits per heavy atom. The van der Waals surface area contributed by atoms with Gasteiger partial charge in [-0.1, -0.05) is 20.3 Å². The Labute approximate surface area is 118 Å². The second kappa shape index (κ2) is 5.01. The fourth-order valence-corrected chi connectivity index (χ4v) is 5.08. The molecule has 0 spiro atoms. The van der Waals surface area contributed by atoms with Crippen molar-refractivity contribution in [2.75, 3.05) is 32.7 Å². The molecule has 3 heteroatoms. The van der Waals surface area contributed by atoms with Crippen LogP contribution in [0.1, 0.15) is 52.4 Å². The van der Waals surface area contributed by atoms with Gasteiger partial charge in [-0.15, -0.1) is 0 Å². The third-order valence-corrected chi connectivity index (χ3v) is 6.40. The van der Waals surface area contributed by atoms with E-state index >= 15 is 0 Å². The third-order valence-electron chi connectivity index (χ3n) is 6.40. The van der Waals surface area contributed by atoms with Gasteiger partial charge in [-0.05, 0) is 50.6 Å². The predicted molar refractivity (Wildman–Crippen MR) is 80.2 cm³/mol. The van der Waals surface area contributed by atoms with Crippen molar-refractivity contribution < 1.29 is 0 Å². The van der Waals surface area contributed by atoms with Crippen LogP contribution in [0.5, 0.6) is 0 Å². The molecule has 0 radical (unpaired) electrons. The summed E-state index contributed by atoms with van der Waals surface area (Å²) in [5.41, 5.74) is 6.96. The highest BCUT2D eigenvalue weighted by atomic mass is 15.3. The minimum atomic E-state index is 0.269. The van der Waals surface area contributed by atoms with Crippen molar-refractivity contribution in [1.82, 2.24) is 9.80 Å². The molecule has 2 saturated heterocycles. The average Bonchev–Trinajstić information content (AvgIpc) is 2.87. The van der Waals surface area contributed by atoms with Gasteiger partial charge in [0.1, 0.15) is 0 Å². The van der Waals surface area contributed by atoms with E-state index in [-0.39, 0.29) is 5.54 Å². The van der Waals surface area contributed by atoms with Crippen LogP contribution in [-0.2, 0) is 0 Å². The van der Waals surface area contributed by atoms with Crippen LogP contribution in [0, 0.1) is 5.41 Å². The van der Waals surface area contributed by atoms with Gasteiger partial charge in [0.25, 0.3) is 0 Å². The van der Waals surface area contributed by atoms with Crippen LogP contribution in [0.4, 0.5) is 0 Å². The highest BCUT2D eigenvalue weighted by Gasteiger charge is 2.52. The summed E-state index contributed by atoms with van der Waals surface area (Å²) in [5.74, 6) is 0. The Kier molecular flexibility index (Phi) is 3.65. The summed E-state index contributed by atoms with van der Waals surface area (Å²) in [4.78, 5) is 5.53. The highest BCUT2D eigenvalue weighted by molar-refractivity contribution is 5.08. The van der Waals surface area contributed by atoms with E-state index in [1.807, 2.05) is 0 Å². The summed E-state index contributed by atoms with van der Waals surface area (Å²) in [7, 11) is 0. The van der Waals surface area contributed by atoms with Crippen LogP contribution in [0.15, 0.2) is 0 Å². The standard InChI is InChI=1S/C16H31N3/c1-15(2)7-4-8-16(15,13-17)19-11-5-10-18-9-3-6-14(18)12-19/h14H,3-13,17H2,1-2H3. The van der Waals surface area contributed by atoms with Gasteiger partial charge in [0, 0.05) is 31.2 Å². The maximum Gasteiger partial charge on any atom is 0.0383 e. The first kappa shape index (κ1) is 13.8. The van der Waals surface area contributed by atoms with Crippen LogP contribution in [-0.4, -0.2) is 54.1 Å². The molecule has 3 aliphatic rings. The molecular formula is C16H31N3. The Hall–Kier alpha value is -0.120. The quantitative estimate of drug-likeness (QED) is 0.829. The Balaban J connectivity index is 1.83. The van der Waals surface area contributed by atoms with Crippen LogP contribution >= 0.6 is 0 Å². The number of hydrogen-bond acceptors (Lipinski definition) is 3. The second-order valence-electron chi connectivity index (χ2n) is 7.60. The van der Waals surface area contributed by atoms with Gasteiger partial charge in [-0.2, -0.15) is 0 Å². The lowest BCUT2D eigenvalue weighted by molar-refractivity contribution is 0.00853. The van der Waals surface area contributed by atoms with Crippen LogP contribution in [0.25, 0.3) is 0 Å². The average molecular weight is 265 g/mol. The van der Waals surface area contributed by atoms with E-state index < -0.39 is 0 Å². The number of fused-ring (bicyclic) bond motifs is 1. The van der Waals surface area contributed by atoms with Crippen LogP contribution < -0.4 is 5.73 Å². The molecule has 2 heterocycles. The van der Waals surface area contributed by atoms with Gasteiger partial charge < -0.3 is 5.73 Å². The normalized spacial score (nSPS) is 40.3. The second-order valence-corrected chi connectivity index (χ2v) is 7.60. The van der Waals surface area contributed by atoms with Gasteiger partial charge in [0.2, 0.25) is 0 Å². The van der Waals surface area contributed by atoms with Crippen molar-refractivity contribution in [1.29, 1.82) is 0 Å². The fraction of sp³-hybridized carbons (Fsp3) is 1.00. The summed E-state index contributed by atoms with van der Waals surface area (Å²) in [6.45, 7) is 10.9. The van der Waals surface area contributed by atoms with Gasteiger partial charge >= 0.3 is 0 Å². The maximum absolute atomic E-state index is 6.31. The molecule has 1 aliphatic carbocycles. The summed E-state index contributed by atoms with van der Waals surface area (Å²) < 4.78 is 0. The van der Waals surface area contributed by atoms with Gasteiger partial charge in [0.15, 0.2) is 0 Å². The smallest absolute Gasteiger partial charge is 0.0383 e. The number of rotatable bonds is 2. The molecule has 1 saturated carbocycles. The minimum absolute atomic E-state index is 0.269. The van der Waals surface area contributed by atoms with Crippen molar-refractivity contribution in [2.24, 2.45) is 11.1 Å². The summed E-state index contributed by atoms with van der Waals surface area (Å²) in [5, 5.41) is 0. The minimum Gasteiger partial charge on any atom is -0.329 e. The van der Waals surface area contributed by atoms with Crippen molar-refractivity contribution in [3.63, 3.8) is 0 Å². The molecule has 0 bridgehead atoms.